The van der Waals surface area contributed by atoms with Gasteiger partial charge < -0.3 is 10.2 Å². The van der Waals surface area contributed by atoms with Crippen molar-refractivity contribution in [2.75, 3.05) is 20.1 Å². The van der Waals surface area contributed by atoms with Crippen LogP contribution in [0.3, 0.4) is 0 Å². The summed E-state index contributed by atoms with van der Waals surface area (Å²) in [5.74, 6) is -0.0501. The van der Waals surface area contributed by atoms with Crippen LogP contribution in [0.1, 0.15) is 35.2 Å². The van der Waals surface area contributed by atoms with Gasteiger partial charge in [-0.3, -0.25) is 9.78 Å². The molecule has 2 heterocycles. The molecule has 1 aromatic carbocycles. The van der Waals surface area contributed by atoms with E-state index < -0.39 is 0 Å². The average molecular weight is 334 g/mol. The lowest BCUT2D eigenvalue weighted by Crippen LogP contribution is -2.31. The fourth-order valence-corrected chi connectivity index (χ4v) is 3.25. The van der Waals surface area contributed by atoms with Crippen molar-refractivity contribution in [3.05, 3.63) is 53.7 Å². The van der Waals surface area contributed by atoms with E-state index in [-0.39, 0.29) is 5.91 Å². The van der Waals surface area contributed by atoms with E-state index >= 15 is 0 Å². The van der Waals surface area contributed by atoms with E-state index in [1.807, 2.05) is 12.1 Å². The number of likely N-dealkylation sites (tertiary alicyclic amines) is 1. The van der Waals surface area contributed by atoms with Gasteiger partial charge in [0.05, 0.1) is 17.3 Å². The molecular weight excluding hydrogens is 312 g/mol. The molecule has 1 atom stereocenters. The van der Waals surface area contributed by atoms with Gasteiger partial charge in [-0.05, 0) is 57.1 Å². The van der Waals surface area contributed by atoms with E-state index in [4.69, 9.17) is 5.26 Å². The van der Waals surface area contributed by atoms with Crippen LogP contribution in [0.2, 0.25) is 0 Å². The van der Waals surface area contributed by atoms with Gasteiger partial charge in [0.2, 0.25) is 0 Å². The number of rotatable bonds is 5. The molecule has 1 unspecified atom stereocenters. The van der Waals surface area contributed by atoms with Crippen molar-refractivity contribution in [2.24, 2.45) is 0 Å². The van der Waals surface area contributed by atoms with Crippen molar-refractivity contribution in [2.45, 2.75) is 25.3 Å². The summed E-state index contributed by atoms with van der Waals surface area (Å²) in [6, 6.07) is 13.4. The van der Waals surface area contributed by atoms with Crippen molar-refractivity contribution in [1.82, 2.24) is 15.2 Å². The first-order valence-corrected chi connectivity index (χ1v) is 8.62. The molecule has 25 heavy (non-hydrogen) atoms. The predicted molar refractivity (Wildman–Crippen MR) is 97.0 cm³/mol. The van der Waals surface area contributed by atoms with Gasteiger partial charge in [0.1, 0.15) is 0 Å². The van der Waals surface area contributed by atoms with Crippen LogP contribution in [0.25, 0.3) is 11.3 Å². The first-order chi connectivity index (χ1) is 12.2. The monoisotopic (exact) mass is 334 g/mol. The fourth-order valence-electron chi connectivity index (χ4n) is 3.25. The average Bonchev–Trinajstić information content (AvgIpc) is 3.07. The summed E-state index contributed by atoms with van der Waals surface area (Å²) in [7, 11) is 2.15. The molecule has 0 radical (unpaired) electrons. The summed E-state index contributed by atoms with van der Waals surface area (Å²) in [5, 5.41) is 12.0. The zero-order valence-electron chi connectivity index (χ0n) is 14.4. The largest absolute Gasteiger partial charge is 0.352 e. The van der Waals surface area contributed by atoms with Crippen LogP contribution in [-0.4, -0.2) is 42.0 Å². The van der Waals surface area contributed by atoms with Crippen molar-refractivity contribution < 1.29 is 4.79 Å². The molecule has 5 heteroatoms. The highest BCUT2D eigenvalue weighted by Crippen LogP contribution is 2.19. The Labute approximate surface area is 148 Å². The molecule has 1 amide bonds. The number of aromatic nitrogens is 1. The first-order valence-electron chi connectivity index (χ1n) is 8.62. The number of nitrogens with one attached hydrogen (secondary N) is 1. The SMILES string of the molecule is CN1CCCC1CCNC(=O)c1ccc(-c2cc(C#N)ccn2)cc1. The van der Waals surface area contributed by atoms with Crippen LogP contribution in [0.4, 0.5) is 0 Å². The Kier molecular flexibility index (Phi) is 5.42. The van der Waals surface area contributed by atoms with Crippen LogP contribution in [-0.2, 0) is 0 Å². The highest BCUT2D eigenvalue weighted by molar-refractivity contribution is 5.94. The third-order valence-electron chi connectivity index (χ3n) is 4.77. The van der Waals surface area contributed by atoms with Crippen LogP contribution in [0.15, 0.2) is 42.6 Å². The molecule has 128 valence electrons. The molecule has 0 saturated carbocycles. The number of carbonyl (C=O) groups excluding carboxylic acids is 1. The summed E-state index contributed by atoms with van der Waals surface area (Å²) in [6.07, 6.45) is 5.08. The lowest BCUT2D eigenvalue weighted by atomic mass is 10.1. The predicted octanol–water partition coefficient (Wildman–Crippen LogP) is 2.83. The summed E-state index contributed by atoms with van der Waals surface area (Å²) >= 11 is 0. The second kappa shape index (κ2) is 7.91. The van der Waals surface area contributed by atoms with E-state index in [0.717, 1.165) is 24.2 Å². The maximum absolute atomic E-state index is 12.3. The Morgan fingerprint density at radius 2 is 2.16 bits per heavy atom. The zero-order chi connectivity index (χ0) is 17.6. The summed E-state index contributed by atoms with van der Waals surface area (Å²) < 4.78 is 0. The third-order valence-corrected chi connectivity index (χ3v) is 4.77. The van der Waals surface area contributed by atoms with Gasteiger partial charge in [-0.15, -0.1) is 0 Å². The maximum Gasteiger partial charge on any atom is 0.251 e. The highest BCUT2D eigenvalue weighted by Gasteiger charge is 2.20. The smallest absolute Gasteiger partial charge is 0.251 e. The number of amides is 1. The number of hydrogen-bond acceptors (Lipinski definition) is 4. The second-order valence-electron chi connectivity index (χ2n) is 6.44. The molecule has 0 spiro atoms. The number of nitrogens with zero attached hydrogens (tertiary/aromatic N) is 3. The van der Waals surface area contributed by atoms with Crippen molar-refractivity contribution in [3.63, 3.8) is 0 Å². The second-order valence-corrected chi connectivity index (χ2v) is 6.44. The van der Waals surface area contributed by atoms with Crippen LogP contribution >= 0.6 is 0 Å². The zero-order valence-corrected chi connectivity index (χ0v) is 14.4. The number of hydrogen-bond donors (Lipinski definition) is 1. The van der Waals surface area contributed by atoms with E-state index in [2.05, 4.69) is 28.3 Å². The molecule has 3 rings (SSSR count). The molecule has 1 aliphatic rings. The molecule has 1 N–H and O–H groups in total. The minimum absolute atomic E-state index is 0.0501. The number of nitriles is 1. The van der Waals surface area contributed by atoms with Crippen molar-refractivity contribution in [1.29, 1.82) is 5.26 Å². The molecule has 1 saturated heterocycles. The topological polar surface area (TPSA) is 69.0 Å². The van der Waals surface area contributed by atoms with Gasteiger partial charge in [0.15, 0.2) is 0 Å². The number of pyridine rings is 1. The molecule has 0 aliphatic carbocycles. The van der Waals surface area contributed by atoms with Crippen molar-refractivity contribution >= 4 is 5.91 Å². The Bertz CT molecular complexity index is 779. The van der Waals surface area contributed by atoms with Gasteiger partial charge in [-0.1, -0.05) is 12.1 Å². The molecule has 1 aliphatic heterocycles. The molecule has 1 fully saturated rings. The van der Waals surface area contributed by atoms with Gasteiger partial charge in [-0.2, -0.15) is 5.26 Å². The minimum atomic E-state index is -0.0501. The summed E-state index contributed by atoms with van der Waals surface area (Å²) in [6.45, 7) is 1.85. The van der Waals surface area contributed by atoms with E-state index in [1.165, 1.54) is 12.8 Å². The first kappa shape index (κ1) is 17.1. The van der Waals surface area contributed by atoms with Crippen LogP contribution in [0, 0.1) is 11.3 Å². The van der Waals surface area contributed by atoms with Crippen molar-refractivity contribution in [3.8, 4) is 17.3 Å². The third kappa shape index (κ3) is 4.23. The lowest BCUT2D eigenvalue weighted by molar-refractivity contribution is 0.0950. The fraction of sp³-hybridized carbons (Fsp3) is 0.350. The molecule has 5 nitrogen and oxygen atoms in total. The van der Waals surface area contributed by atoms with Crippen LogP contribution < -0.4 is 5.32 Å². The minimum Gasteiger partial charge on any atom is -0.352 e. The van der Waals surface area contributed by atoms with E-state index in [0.29, 0.717) is 23.7 Å². The molecule has 0 bridgehead atoms. The standard InChI is InChI=1S/C20H22N4O/c1-24-12-2-3-18(24)9-11-23-20(25)17-6-4-16(5-7-17)19-13-15(14-21)8-10-22-19/h4-8,10,13,18H,2-3,9,11-12H2,1H3,(H,23,25). The highest BCUT2D eigenvalue weighted by atomic mass is 16.1. The Balaban J connectivity index is 1.58. The van der Waals surface area contributed by atoms with Gasteiger partial charge in [0, 0.05) is 29.9 Å². The molecule has 2 aromatic rings. The Morgan fingerprint density at radius 3 is 2.84 bits per heavy atom. The summed E-state index contributed by atoms with van der Waals surface area (Å²) in [4.78, 5) is 18.9. The van der Waals surface area contributed by atoms with Gasteiger partial charge in [0.25, 0.3) is 5.91 Å². The van der Waals surface area contributed by atoms with Gasteiger partial charge >= 0.3 is 0 Å². The number of benzene rings is 1. The normalized spacial score (nSPS) is 17.2. The number of carbonyl (C=O) groups is 1. The van der Waals surface area contributed by atoms with Gasteiger partial charge in [-0.25, -0.2) is 0 Å². The summed E-state index contributed by atoms with van der Waals surface area (Å²) in [5.41, 5.74) is 2.83. The lowest BCUT2D eigenvalue weighted by Gasteiger charge is -2.19. The maximum atomic E-state index is 12.3. The Morgan fingerprint density at radius 1 is 1.36 bits per heavy atom. The van der Waals surface area contributed by atoms with E-state index in [1.54, 1.807) is 30.5 Å². The molecular formula is C20H22N4O. The molecule has 1 aromatic heterocycles. The quantitative estimate of drug-likeness (QED) is 0.913. The van der Waals surface area contributed by atoms with E-state index in [9.17, 15) is 4.79 Å². The Hall–Kier alpha value is -2.71. The van der Waals surface area contributed by atoms with Crippen LogP contribution in [0.5, 0.6) is 0 Å².